The van der Waals surface area contributed by atoms with Crippen LogP contribution in [-0.2, 0) is 22.6 Å². The number of hydrogen-bond donors (Lipinski definition) is 0. The van der Waals surface area contributed by atoms with Gasteiger partial charge < -0.3 is 0 Å². The van der Waals surface area contributed by atoms with Gasteiger partial charge in [0.05, 0.1) is 35.3 Å². The number of ketones is 2. The summed E-state index contributed by atoms with van der Waals surface area (Å²) in [4.78, 5) is 50.7. The van der Waals surface area contributed by atoms with Crippen LogP contribution in [-0.4, -0.2) is 44.1 Å². The molecule has 7 nitrogen and oxygen atoms in total. The number of imide groups is 1. The number of hydrogen-bond acceptors (Lipinski definition) is 5. The van der Waals surface area contributed by atoms with E-state index in [-0.39, 0.29) is 30.8 Å². The van der Waals surface area contributed by atoms with Gasteiger partial charge in [-0.1, -0.05) is 18.1 Å². The highest BCUT2D eigenvalue weighted by atomic mass is 16.2. The molecule has 146 valence electrons. The van der Waals surface area contributed by atoms with Crippen molar-refractivity contribution in [3.05, 3.63) is 52.8 Å². The number of aryl methyl sites for hydroxylation is 2. The molecule has 1 aromatic carbocycles. The SMILES string of the molecule is C#Cc1cnn(CCCc2cccc3c2C(=O)N(C2CCC(=O)CC2=O)C3=O)c1. The van der Waals surface area contributed by atoms with Gasteiger partial charge in [-0.15, -0.1) is 6.42 Å². The molecule has 1 saturated carbocycles. The smallest absolute Gasteiger partial charge is 0.262 e. The molecule has 1 unspecified atom stereocenters. The predicted octanol–water partition coefficient (Wildman–Crippen LogP) is 1.78. The molecule has 4 rings (SSSR count). The van der Waals surface area contributed by atoms with Crippen LogP contribution in [0.25, 0.3) is 0 Å². The van der Waals surface area contributed by atoms with Gasteiger partial charge in [0.2, 0.25) is 0 Å². The van der Waals surface area contributed by atoms with E-state index in [9.17, 15) is 19.2 Å². The predicted molar refractivity (Wildman–Crippen MR) is 103 cm³/mol. The maximum Gasteiger partial charge on any atom is 0.262 e. The minimum atomic E-state index is -0.848. The third-order valence-corrected chi connectivity index (χ3v) is 5.42. The van der Waals surface area contributed by atoms with Crippen LogP contribution in [0.4, 0.5) is 0 Å². The average Bonchev–Trinajstić information content (AvgIpc) is 3.26. The Morgan fingerprint density at radius 3 is 2.72 bits per heavy atom. The first-order chi connectivity index (χ1) is 14.0. The van der Waals surface area contributed by atoms with Crippen molar-refractivity contribution in [3.63, 3.8) is 0 Å². The molecular formula is C22H19N3O4. The molecule has 7 heteroatoms. The van der Waals surface area contributed by atoms with E-state index in [0.29, 0.717) is 36.1 Å². The van der Waals surface area contributed by atoms with Crippen molar-refractivity contribution in [3.8, 4) is 12.3 Å². The largest absolute Gasteiger partial charge is 0.299 e. The van der Waals surface area contributed by atoms with Crippen LogP contribution in [0, 0.1) is 12.3 Å². The molecule has 1 fully saturated rings. The maximum atomic E-state index is 13.1. The first-order valence-electron chi connectivity index (χ1n) is 9.53. The molecule has 2 aliphatic rings. The molecule has 29 heavy (non-hydrogen) atoms. The zero-order valence-electron chi connectivity index (χ0n) is 15.8. The van der Waals surface area contributed by atoms with Gasteiger partial charge in [0.15, 0.2) is 5.78 Å². The summed E-state index contributed by atoms with van der Waals surface area (Å²) in [5, 5.41) is 4.19. The second-order valence-corrected chi connectivity index (χ2v) is 7.30. The van der Waals surface area contributed by atoms with E-state index in [0.717, 1.165) is 10.5 Å². The number of fused-ring (bicyclic) bond motifs is 1. The second-order valence-electron chi connectivity index (χ2n) is 7.30. The molecule has 0 spiro atoms. The maximum absolute atomic E-state index is 13.1. The molecule has 0 radical (unpaired) electrons. The van der Waals surface area contributed by atoms with E-state index < -0.39 is 17.9 Å². The Hall–Kier alpha value is -3.53. The Bertz CT molecular complexity index is 1080. The fraction of sp³-hybridized carbons (Fsp3) is 0.318. The molecule has 0 bridgehead atoms. The molecule has 1 aliphatic heterocycles. The zero-order chi connectivity index (χ0) is 20.5. The average molecular weight is 389 g/mol. The summed E-state index contributed by atoms with van der Waals surface area (Å²) in [5.74, 6) is 1.12. The highest BCUT2D eigenvalue weighted by Gasteiger charge is 2.45. The monoisotopic (exact) mass is 389 g/mol. The summed E-state index contributed by atoms with van der Waals surface area (Å²) < 4.78 is 1.75. The van der Waals surface area contributed by atoms with Crippen LogP contribution in [0.5, 0.6) is 0 Å². The molecule has 2 amide bonds. The Morgan fingerprint density at radius 1 is 1.17 bits per heavy atom. The number of carbonyl (C=O) groups excluding carboxylic acids is 4. The minimum Gasteiger partial charge on any atom is -0.299 e. The van der Waals surface area contributed by atoms with Crippen molar-refractivity contribution < 1.29 is 19.2 Å². The van der Waals surface area contributed by atoms with Crippen molar-refractivity contribution in [2.45, 2.75) is 44.7 Å². The highest BCUT2D eigenvalue weighted by molar-refractivity contribution is 6.24. The van der Waals surface area contributed by atoms with E-state index >= 15 is 0 Å². The molecule has 0 saturated heterocycles. The number of benzene rings is 1. The van der Waals surface area contributed by atoms with Crippen LogP contribution < -0.4 is 0 Å². The Kier molecular flexibility index (Phi) is 4.85. The van der Waals surface area contributed by atoms with Gasteiger partial charge >= 0.3 is 0 Å². The standard InChI is InChI=1S/C22H19N3O4/c1-2-14-12-23-24(13-14)10-4-6-15-5-3-7-17-20(15)22(29)25(21(17)28)18-9-8-16(26)11-19(18)27/h1,3,5,7,12-13,18H,4,6,8-11H2. The van der Waals surface area contributed by atoms with Crippen molar-refractivity contribution >= 4 is 23.4 Å². The quantitative estimate of drug-likeness (QED) is 0.442. The van der Waals surface area contributed by atoms with Crippen molar-refractivity contribution in [2.75, 3.05) is 0 Å². The second kappa shape index (κ2) is 7.47. The lowest BCUT2D eigenvalue weighted by Crippen LogP contribution is -2.47. The minimum absolute atomic E-state index is 0.143. The topological polar surface area (TPSA) is 89.3 Å². The van der Waals surface area contributed by atoms with Gasteiger partial charge in [0.1, 0.15) is 5.78 Å². The highest BCUT2D eigenvalue weighted by Crippen LogP contribution is 2.31. The van der Waals surface area contributed by atoms with E-state index in [1.807, 2.05) is 6.07 Å². The summed E-state index contributed by atoms with van der Waals surface area (Å²) >= 11 is 0. The summed E-state index contributed by atoms with van der Waals surface area (Å²) in [6, 6.07) is 4.35. The summed E-state index contributed by atoms with van der Waals surface area (Å²) in [5.41, 5.74) is 2.17. The molecule has 2 heterocycles. The van der Waals surface area contributed by atoms with E-state index in [1.165, 1.54) is 0 Å². The molecule has 1 aromatic heterocycles. The zero-order valence-corrected chi connectivity index (χ0v) is 15.8. The number of rotatable bonds is 5. The number of nitrogens with zero attached hydrogens (tertiary/aromatic N) is 3. The van der Waals surface area contributed by atoms with Crippen LogP contribution in [0.3, 0.4) is 0 Å². The first-order valence-corrected chi connectivity index (χ1v) is 9.53. The van der Waals surface area contributed by atoms with Crippen LogP contribution in [0.2, 0.25) is 0 Å². The lowest BCUT2D eigenvalue weighted by Gasteiger charge is -2.27. The fourth-order valence-electron chi connectivity index (χ4n) is 3.99. The third-order valence-electron chi connectivity index (χ3n) is 5.42. The molecule has 2 aromatic rings. The molecule has 1 aliphatic carbocycles. The van der Waals surface area contributed by atoms with Gasteiger partial charge in [0.25, 0.3) is 11.8 Å². The summed E-state index contributed by atoms with van der Waals surface area (Å²) in [6.07, 6.45) is 10.2. The van der Waals surface area contributed by atoms with Crippen molar-refractivity contribution in [2.24, 2.45) is 0 Å². The van der Waals surface area contributed by atoms with Gasteiger partial charge in [-0.3, -0.25) is 28.8 Å². The Morgan fingerprint density at radius 2 is 2.00 bits per heavy atom. The van der Waals surface area contributed by atoms with Crippen molar-refractivity contribution in [1.82, 2.24) is 14.7 Å². The number of carbonyl (C=O) groups is 4. The normalized spacial score (nSPS) is 18.9. The summed E-state index contributed by atoms with van der Waals surface area (Å²) in [7, 11) is 0. The van der Waals surface area contributed by atoms with Gasteiger partial charge in [-0.2, -0.15) is 5.10 Å². The lowest BCUT2D eigenvalue weighted by atomic mass is 9.92. The van der Waals surface area contributed by atoms with E-state index in [4.69, 9.17) is 6.42 Å². The van der Waals surface area contributed by atoms with Gasteiger partial charge in [-0.25, -0.2) is 0 Å². The van der Waals surface area contributed by atoms with Crippen LogP contribution >= 0.6 is 0 Å². The Balaban J connectivity index is 1.52. The lowest BCUT2D eigenvalue weighted by molar-refractivity contribution is -0.132. The number of aromatic nitrogens is 2. The number of amides is 2. The fourth-order valence-corrected chi connectivity index (χ4v) is 3.99. The summed E-state index contributed by atoms with van der Waals surface area (Å²) in [6.45, 7) is 0.625. The Labute approximate surface area is 167 Å². The first kappa shape index (κ1) is 18.8. The molecular weight excluding hydrogens is 370 g/mol. The number of Topliss-reactive ketones (excluding diaryl/α,β-unsaturated/α-hetero) is 2. The number of terminal acetylenes is 1. The van der Waals surface area contributed by atoms with Gasteiger partial charge in [0, 0.05) is 19.2 Å². The van der Waals surface area contributed by atoms with Crippen LogP contribution in [0.15, 0.2) is 30.6 Å². The van der Waals surface area contributed by atoms with E-state index in [2.05, 4.69) is 11.0 Å². The van der Waals surface area contributed by atoms with Gasteiger partial charge in [-0.05, 0) is 30.9 Å². The van der Waals surface area contributed by atoms with E-state index in [1.54, 1.807) is 29.2 Å². The molecule has 0 N–H and O–H groups in total. The van der Waals surface area contributed by atoms with Crippen LogP contribution in [0.1, 0.15) is 57.5 Å². The van der Waals surface area contributed by atoms with Crippen molar-refractivity contribution in [1.29, 1.82) is 0 Å². The third kappa shape index (κ3) is 3.38. The molecule has 1 atom stereocenters.